The van der Waals surface area contributed by atoms with Gasteiger partial charge in [0.05, 0.1) is 37.4 Å². The van der Waals surface area contributed by atoms with Crippen molar-refractivity contribution in [3.8, 4) is 5.75 Å². The van der Waals surface area contributed by atoms with Crippen molar-refractivity contribution in [2.24, 2.45) is 0 Å². The van der Waals surface area contributed by atoms with Gasteiger partial charge >= 0.3 is 11.9 Å². The third-order valence-electron chi connectivity index (χ3n) is 4.82. The van der Waals surface area contributed by atoms with E-state index in [1.165, 1.54) is 0 Å². The van der Waals surface area contributed by atoms with Crippen LogP contribution < -0.4 is 4.74 Å². The quantitative estimate of drug-likeness (QED) is 0.560. The molecule has 1 aromatic carbocycles. The van der Waals surface area contributed by atoms with Crippen molar-refractivity contribution in [2.75, 3.05) is 20.3 Å². The zero-order chi connectivity index (χ0) is 22.4. The van der Waals surface area contributed by atoms with Gasteiger partial charge in [-0.15, -0.1) is 11.3 Å². The lowest BCUT2D eigenvalue weighted by Crippen LogP contribution is -2.29. The molecule has 31 heavy (non-hydrogen) atoms. The minimum absolute atomic E-state index is 0.253. The van der Waals surface area contributed by atoms with E-state index in [-0.39, 0.29) is 13.2 Å². The Morgan fingerprint density at radius 1 is 0.935 bits per heavy atom. The number of nitrogens with zero attached hydrogens (tertiary/aromatic N) is 1. The van der Waals surface area contributed by atoms with E-state index in [1.807, 2.05) is 48.2 Å². The predicted molar refractivity (Wildman–Crippen MR) is 120 cm³/mol. The lowest BCUT2D eigenvalue weighted by Gasteiger charge is -2.29. The van der Waals surface area contributed by atoms with Gasteiger partial charge in [0.25, 0.3) is 0 Å². The summed E-state index contributed by atoms with van der Waals surface area (Å²) in [7, 11) is 1.62. The molecular formula is C24H27NO5S. The van der Waals surface area contributed by atoms with Crippen LogP contribution in [0, 0.1) is 6.92 Å². The van der Waals surface area contributed by atoms with Gasteiger partial charge in [-0.2, -0.15) is 0 Å². The molecule has 1 aliphatic rings. The number of carbonyl (C=O) groups excluding carboxylic acids is 2. The predicted octanol–water partition coefficient (Wildman–Crippen LogP) is 4.56. The number of carbonyl (C=O) groups is 2. The Morgan fingerprint density at radius 2 is 1.52 bits per heavy atom. The molecule has 0 spiro atoms. The third kappa shape index (κ3) is 5.35. The normalized spacial score (nSPS) is 14.0. The van der Waals surface area contributed by atoms with E-state index in [4.69, 9.17) is 14.2 Å². The molecule has 0 fully saturated rings. The smallest absolute Gasteiger partial charge is 0.336 e. The Labute approximate surface area is 186 Å². The summed E-state index contributed by atoms with van der Waals surface area (Å²) in [6.07, 6.45) is 3.54. The average Bonchev–Trinajstić information content (AvgIpc) is 3.20. The molecule has 0 aliphatic carbocycles. The van der Waals surface area contributed by atoms with Crippen LogP contribution in [0.25, 0.3) is 0 Å². The standard InChI is InChI=1S/C24H27NO5S/c1-5-29-23(26)19-14-25(13-17-8-10-18(28-4)11-9-17)15-20(24(27)30-6-2)22(19)21-12-7-16(3)31-21/h7-12,14-15,22H,5-6,13H2,1-4H3. The number of esters is 2. The molecule has 2 heterocycles. The Morgan fingerprint density at radius 3 is 1.97 bits per heavy atom. The monoisotopic (exact) mass is 441 g/mol. The van der Waals surface area contributed by atoms with Crippen LogP contribution in [0.5, 0.6) is 5.75 Å². The molecule has 164 valence electrons. The van der Waals surface area contributed by atoms with E-state index in [1.54, 1.807) is 44.7 Å². The van der Waals surface area contributed by atoms with Gasteiger partial charge in [0.2, 0.25) is 0 Å². The molecular weight excluding hydrogens is 414 g/mol. The van der Waals surface area contributed by atoms with E-state index < -0.39 is 17.9 Å². The van der Waals surface area contributed by atoms with Crippen molar-refractivity contribution in [1.29, 1.82) is 0 Å². The Hall–Kier alpha value is -3.06. The highest BCUT2D eigenvalue weighted by atomic mass is 32.1. The van der Waals surface area contributed by atoms with Crippen LogP contribution in [0.3, 0.4) is 0 Å². The van der Waals surface area contributed by atoms with Gasteiger partial charge in [0.1, 0.15) is 5.75 Å². The van der Waals surface area contributed by atoms with E-state index in [9.17, 15) is 9.59 Å². The molecule has 1 aromatic heterocycles. The zero-order valence-corrected chi connectivity index (χ0v) is 19.0. The fourth-order valence-electron chi connectivity index (χ4n) is 3.43. The molecule has 0 saturated heterocycles. The molecule has 0 radical (unpaired) electrons. The van der Waals surface area contributed by atoms with Crippen molar-refractivity contribution < 1.29 is 23.8 Å². The first-order valence-electron chi connectivity index (χ1n) is 10.2. The molecule has 0 amide bonds. The number of ether oxygens (including phenoxy) is 3. The highest BCUT2D eigenvalue weighted by Crippen LogP contribution is 2.40. The van der Waals surface area contributed by atoms with Gasteiger partial charge in [-0.1, -0.05) is 12.1 Å². The van der Waals surface area contributed by atoms with Gasteiger partial charge in [0, 0.05) is 28.7 Å². The minimum atomic E-state index is -0.524. The number of methoxy groups -OCH3 is 1. The minimum Gasteiger partial charge on any atom is -0.497 e. The van der Waals surface area contributed by atoms with Crippen LogP contribution in [-0.4, -0.2) is 37.2 Å². The Balaban J connectivity index is 2.02. The second-order valence-corrected chi connectivity index (χ2v) is 8.33. The summed E-state index contributed by atoms with van der Waals surface area (Å²) >= 11 is 1.55. The third-order valence-corrected chi connectivity index (χ3v) is 5.89. The van der Waals surface area contributed by atoms with Crippen LogP contribution in [0.4, 0.5) is 0 Å². The second-order valence-electron chi connectivity index (χ2n) is 7.01. The number of hydrogen-bond donors (Lipinski definition) is 0. The number of hydrogen-bond acceptors (Lipinski definition) is 7. The number of aryl methyl sites for hydroxylation is 1. The summed E-state index contributed by atoms with van der Waals surface area (Å²) in [5, 5.41) is 0. The van der Waals surface area contributed by atoms with Crippen molar-refractivity contribution in [2.45, 2.75) is 33.2 Å². The van der Waals surface area contributed by atoms with Gasteiger partial charge < -0.3 is 19.1 Å². The van der Waals surface area contributed by atoms with Crippen molar-refractivity contribution >= 4 is 23.3 Å². The summed E-state index contributed by atoms with van der Waals surface area (Å²) in [6, 6.07) is 11.6. The van der Waals surface area contributed by atoms with Crippen LogP contribution in [0.15, 0.2) is 59.9 Å². The summed E-state index contributed by atoms with van der Waals surface area (Å²) in [6.45, 7) is 6.51. The van der Waals surface area contributed by atoms with Crippen molar-refractivity contribution in [3.63, 3.8) is 0 Å². The maximum absolute atomic E-state index is 12.9. The van der Waals surface area contributed by atoms with Gasteiger partial charge in [0.15, 0.2) is 0 Å². The van der Waals surface area contributed by atoms with Crippen LogP contribution in [-0.2, 0) is 25.6 Å². The van der Waals surface area contributed by atoms with E-state index in [2.05, 4.69) is 0 Å². The maximum atomic E-state index is 12.9. The van der Waals surface area contributed by atoms with Crippen LogP contribution in [0.2, 0.25) is 0 Å². The highest BCUT2D eigenvalue weighted by molar-refractivity contribution is 7.12. The number of thiophene rings is 1. The first kappa shape index (κ1) is 22.6. The lowest BCUT2D eigenvalue weighted by atomic mass is 9.87. The van der Waals surface area contributed by atoms with Crippen molar-refractivity contribution in [1.82, 2.24) is 4.90 Å². The SMILES string of the molecule is CCOC(=O)C1=CN(Cc2ccc(OC)cc2)C=C(C(=O)OCC)C1c1ccc(C)s1. The molecule has 6 nitrogen and oxygen atoms in total. The molecule has 7 heteroatoms. The topological polar surface area (TPSA) is 65.1 Å². The largest absolute Gasteiger partial charge is 0.497 e. The average molecular weight is 442 g/mol. The number of rotatable bonds is 8. The zero-order valence-electron chi connectivity index (χ0n) is 18.2. The molecule has 1 aliphatic heterocycles. The fraction of sp³-hybridized carbons (Fsp3) is 0.333. The van der Waals surface area contributed by atoms with Crippen LogP contribution >= 0.6 is 11.3 Å². The molecule has 3 rings (SSSR count). The fourth-order valence-corrected chi connectivity index (χ4v) is 4.45. The molecule has 0 N–H and O–H groups in total. The van der Waals surface area contributed by atoms with Gasteiger partial charge in [-0.3, -0.25) is 0 Å². The summed E-state index contributed by atoms with van der Waals surface area (Å²) in [4.78, 5) is 29.6. The summed E-state index contributed by atoms with van der Waals surface area (Å²) in [5.74, 6) is -0.633. The first-order chi connectivity index (χ1) is 15.0. The summed E-state index contributed by atoms with van der Waals surface area (Å²) in [5.41, 5.74) is 1.84. The number of benzene rings is 1. The molecule has 0 atom stereocenters. The summed E-state index contributed by atoms with van der Waals surface area (Å²) < 4.78 is 15.9. The second kappa shape index (κ2) is 10.3. The van der Waals surface area contributed by atoms with E-state index >= 15 is 0 Å². The maximum Gasteiger partial charge on any atom is 0.336 e. The highest BCUT2D eigenvalue weighted by Gasteiger charge is 2.36. The van der Waals surface area contributed by atoms with Crippen molar-refractivity contribution in [3.05, 3.63) is 75.3 Å². The lowest BCUT2D eigenvalue weighted by molar-refractivity contribution is -0.139. The van der Waals surface area contributed by atoms with Gasteiger partial charge in [-0.25, -0.2) is 9.59 Å². The molecule has 0 unspecified atom stereocenters. The van der Waals surface area contributed by atoms with Gasteiger partial charge in [-0.05, 0) is 50.6 Å². The molecule has 0 saturated carbocycles. The van der Waals surface area contributed by atoms with E-state index in [0.717, 1.165) is 21.1 Å². The van der Waals surface area contributed by atoms with Crippen LogP contribution in [0.1, 0.15) is 35.1 Å². The Kier molecular flexibility index (Phi) is 7.52. The first-order valence-corrected chi connectivity index (χ1v) is 11.0. The Bertz CT molecular complexity index is 954. The molecule has 2 aromatic rings. The molecule has 0 bridgehead atoms. The van der Waals surface area contributed by atoms with E-state index in [0.29, 0.717) is 17.7 Å².